The lowest BCUT2D eigenvalue weighted by Crippen LogP contribution is -2.24. The van der Waals surface area contributed by atoms with Crippen molar-refractivity contribution in [1.82, 2.24) is 0 Å². The molecule has 1 N–H and O–H groups in total. The van der Waals surface area contributed by atoms with Gasteiger partial charge in [0.1, 0.15) is 0 Å². The summed E-state index contributed by atoms with van der Waals surface area (Å²) in [5.41, 5.74) is 4.81. The largest absolute Gasteiger partial charge is 0.371 e. The highest BCUT2D eigenvalue weighted by atomic mass is 32.1. The van der Waals surface area contributed by atoms with E-state index in [0.29, 0.717) is 17.5 Å². The molecule has 3 nitrogen and oxygen atoms in total. The van der Waals surface area contributed by atoms with Crippen LogP contribution in [0.15, 0.2) is 102 Å². The molecule has 3 unspecified atom stereocenters. The van der Waals surface area contributed by atoms with Gasteiger partial charge in [-0.15, -0.1) is 12.6 Å². The summed E-state index contributed by atoms with van der Waals surface area (Å²) in [4.78, 5) is 15.9. The van der Waals surface area contributed by atoms with E-state index in [1.807, 2.05) is 61.5 Å². The zero-order valence-corrected chi connectivity index (χ0v) is 20.0. The second kappa shape index (κ2) is 10.6. The van der Waals surface area contributed by atoms with Gasteiger partial charge in [-0.3, -0.25) is 4.79 Å². The first kappa shape index (κ1) is 23.7. The van der Waals surface area contributed by atoms with E-state index in [-0.39, 0.29) is 11.8 Å². The van der Waals surface area contributed by atoms with Crippen LogP contribution in [0.3, 0.4) is 0 Å². The molecular formula is C28H32N2OS. The first-order valence-electron chi connectivity index (χ1n) is 10.9. The summed E-state index contributed by atoms with van der Waals surface area (Å²) in [6.07, 6.45) is 9.16. The van der Waals surface area contributed by atoms with Crippen LogP contribution in [-0.2, 0) is 0 Å². The van der Waals surface area contributed by atoms with Gasteiger partial charge in [-0.1, -0.05) is 55.2 Å². The predicted molar refractivity (Wildman–Crippen MR) is 140 cm³/mol. The Morgan fingerprint density at radius 1 is 1.25 bits per heavy atom. The summed E-state index contributed by atoms with van der Waals surface area (Å²) in [6, 6.07) is 15.6. The minimum absolute atomic E-state index is 0.129. The molecule has 166 valence electrons. The second-order valence-electron chi connectivity index (χ2n) is 8.33. The van der Waals surface area contributed by atoms with Gasteiger partial charge >= 0.3 is 0 Å². The maximum Gasteiger partial charge on any atom is 0.255 e. The van der Waals surface area contributed by atoms with Crippen LogP contribution in [-0.4, -0.2) is 19.0 Å². The Labute approximate surface area is 197 Å². The molecular weight excluding hydrogens is 412 g/mol. The number of rotatable bonds is 9. The Morgan fingerprint density at radius 2 is 2.00 bits per heavy atom. The van der Waals surface area contributed by atoms with E-state index < -0.39 is 0 Å². The Kier molecular flexibility index (Phi) is 7.81. The summed E-state index contributed by atoms with van der Waals surface area (Å²) in [5, 5.41) is 2.95. The van der Waals surface area contributed by atoms with E-state index in [9.17, 15) is 4.79 Å². The van der Waals surface area contributed by atoms with Gasteiger partial charge in [0.2, 0.25) is 0 Å². The van der Waals surface area contributed by atoms with Gasteiger partial charge in [0.05, 0.1) is 0 Å². The van der Waals surface area contributed by atoms with Gasteiger partial charge in [0.15, 0.2) is 0 Å². The molecule has 0 spiro atoms. The van der Waals surface area contributed by atoms with Crippen molar-refractivity contribution >= 4 is 29.9 Å². The summed E-state index contributed by atoms with van der Waals surface area (Å²) < 4.78 is 0. The Bertz CT molecular complexity index is 1070. The maximum absolute atomic E-state index is 12.8. The number of thiol groups is 1. The third-order valence-electron chi connectivity index (χ3n) is 6.00. The fourth-order valence-electron chi connectivity index (χ4n) is 4.36. The Balaban J connectivity index is 1.75. The van der Waals surface area contributed by atoms with Crippen molar-refractivity contribution in [3.8, 4) is 0 Å². The van der Waals surface area contributed by atoms with Crippen LogP contribution in [0.4, 0.5) is 11.4 Å². The molecule has 0 radical (unpaired) electrons. The van der Waals surface area contributed by atoms with E-state index in [1.165, 1.54) is 5.57 Å². The van der Waals surface area contributed by atoms with Crippen molar-refractivity contribution in [2.45, 2.75) is 31.2 Å². The number of allylic oxidation sites excluding steroid dienone is 6. The van der Waals surface area contributed by atoms with Crippen LogP contribution in [0.25, 0.3) is 0 Å². The summed E-state index contributed by atoms with van der Waals surface area (Å²) in [5.74, 6) is 0.641. The molecule has 1 saturated carbocycles. The summed E-state index contributed by atoms with van der Waals surface area (Å²) >= 11 is 4.34. The molecule has 0 saturated heterocycles. The van der Waals surface area contributed by atoms with E-state index >= 15 is 0 Å². The van der Waals surface area contributed by atoms with Gasteiger partial charge in [-0.2, -0.15) is 0 Å². The number of hydrogen-bond donors (Lipinski definition) is 2. The number of anilines is 2. The van der Waals surface area contributed by atoms with Crippen molar-refractivity contribution in [3.63, 3.8) is 0 Å². The quantitative estimate of drug-likeness (QED) is 0.324. The first-order chi connectivity index (χ1) is 15.3. The standard InChI is InChI=1S/C28H32N2OS/c1-6-10-19(3)27(20(4)11-7-2)25-18-26(25)30(5)23-14-8-12-21(16-23)28(31)29-22-13-9-15-24(32)17-22/h6-17,25-27,32H,1,4,18H2,2-3,5H3,(H,29,31). The highest BCUT2D eigenvalue weighted by molar-refractivity contribution is 7.80. The van der Waals surface area contributed by atoms with Crippen LogP contribution in [0, 0.1) is 11.8 Å². The van der Waals surface area contributed by atoms with E-state index in [4.69, 9.17) is 0 Å². The van der Waals surface area contributed by atoms with Gasteiger partial charge in [-0.05, 0) is 68.2 Å². The van der Waals surface area contributed by atoms with Crippen LogP contribution in [0.2, 0.25) is 0 Å². The molecule has 1 aliphatic carbocycles. The lowest BCUT2D eigenvalue weighted by atomic mass is 9.87. The molecule has 1 fully saturated rings. The lowest BCUT2D eigenvalue weighted by molar-refractivity contribution is 0.102. The fraction of sp³-hybridized carbons (Fsp3) is 0.250. The molecule has 0 bridgehead atoms. The molecule has 0 aliphatic heterocycles. The van der Waals surface area contributed by atoms with E-state index in [1.54, 1.807) is 0 Å². The second-order valence-corrected chi connectivity index (χ2v) is 8.85. The Hall–Kier alpha value is -2.98. The predicted octanol–water partition coefficient (Wildman–Crippen LogP) is 6.93. The molecule has 32 heavy (non-hydrogen) atoms. The van der Waals surface area contributed by atoms with Crippen molar-refractivity contribution in [3.05, 3.63) is 103 Å². The van der Waals surface area contributed by atoms with Crippen molar-refractivity contribution in [2.24, 2.45) is 11.8 Å². The van der Waals surface area contributed by atoms with E-state index in [0.717, 1.165) is 28.3 Å². The average molecular weight is 445 g/mol. The number of carbonyl (C=O) groups excluding carboxylic acids is 1. The molecule has 2 aromatic rings. The third kappa shape index (κ3) is 5.63. The zero-order valence-electron chi connectivity index (χ0n) is 19.1. The zero-order chi connectivity index (χ0) is 23.3. The topological polar surface area (TPSA) is 32.3 Å². The van der Waals surface area contributed by atoms with Crippen molar-refractivity contribution in [2.75, 3.05) is 17.3 Å². The lowest BCUT2D eigenvalue weighted by Gasteiger charge is -2.24. The smallest absolute Gasteiger partial charge is 0.255 e. The maximum atomic E-state index is 12.8. The molecule has 3 atom stereocenters. The highest BCUT2D eigenvalue weighted by Crippen LogP contribution is 2.48. The SMILES string of the molecule is C=CC=C(C)C(C(=C)C=CC)C1CC1N(C)c1cccc(C(=O)Nc2cccc(S)c2)c1. The average Bonchev–Trinajstić information content (AvgIpc) is 3.54. The van der Waals surface area contributed by atoms with Crippen molar-refractivity contribution < 1.29 is 4.79 Å². The monoisotopic (exact) mass is 444 g/mol. The Morgan fingerprint density at radius 3 is 2.69 bits per heavy atom. The molecule has 0 aromatic heterocycles. The number of hydrogen-bond acceptors (Lipinski definition) is 3. The van der Waals surface area contributed by atoms with Gasteiger partial charge < -0.3 is 10.2 Å². The summed E-state index contributed by atoms with van der Waals surface area (Å²) in [6.45, 7) is 12.4. The number of nitrogens with one attached hydrogen (secondary N) is 1. The molecule has 1 aliphatic rings. The van der Waals surface area contributed by atoms with Crippen LogP contribution in [0.5, 0.6) is 0 Å². The van der Waals surface area contributed by atoms with Crippen molar-refractivity contribution in [1.29, 1.82) is 0 Å². The number of nitrogens with zero attached hydrogens (tertiary/aromatic N) is 1. The van der Waals surface area contributed by atoms with Gasteiger partial charge in [0, 0.05) is 40.8 Å². The number of carbonyl (C=O) groups is 1. The molecule has 1 amide bonds. The highest BCUT2D eigenvalue weighted by Gasteiger charge is 2.46. The third-order valence-corrected chi connectivity index (χ3v) is 6.28. The van der Waals surface area contributed by atoms with Crippen LogP contribution >= 0.6 is 12.6 Å². The number of amides is 1. The van der Waals surface area contributed by atoms with Crippen LogP contribution < -0.4 is 10.2 Å². The molecule has 3 rings (SSSR count). The van der Waals surface area contributed by atoms with Crippen LogP contribution in [0.1, 0.15) is 30.6 Å². The minimum Gasteiger partial charge on any atom is -0.371 e. The minimum atomic E-state index is -0.129. The first-order valence-corrected chi connectivity index (χ1v) is 11.3. The summed E-state index contributed by atoms with van der Waals surface area (Å²) in [7, 11) is 2.11. The molecule has 2 aromatic carbocycles. The fourth-order valence-corrected chi connectivity index (χ4v) is 4.59. The molecule has 0 heterocycles. The van der Waals surface area contributed by atoms with E-state index in [2.05, 4.69) is 68.2 Å². The normalized spacial score (nSPS) is 18.8. The molecule has 4 heteroatoms. The van der Waals surface area contributed by atoms with Gasteiger partial charge in [-0.25, -0.2) is 0 Å². The van der Waals surface area contributed by atoms with Gasteiger partial charge in [0.25, 0.3) is 5.91 Å². The number of benzene rings is 2.